The summed E-state index contributed by atoms with van der Waals surface area (Å²) in [6.45, 7) is 2.01. The van der Waals surface area contributed by atoms with E-state index < -0.39 is 0 Å². The molecule has 2 rings (SSSR count). The largest absolute Gasteiger partial charge is 0.395 e. The predicted molar refractivity (Wildman–Crippen MR) is 82.0 cm³/mol. The summed E-state index contributed by atoms with van der Waals surface area (Å²) in [6, 6.07) is 9.33. The van der Waals surface area contributed by atoms with Gasteiger partial charge in [0.2, 0.25) is 0 Å². The first kappa shape index (κ1) is 14.3. The molecule has 0 aliphatic heterocycles. The molecule has 0 aliphatic carbocycles. The van der Waals surface area contributed by atoms with E-state index in [4.69, 9.17) is 5.11 Å². The highest BCUT2D eigenvalue weighted by atomic mass is 32.1. The van der Waals surface area contributed by atoms with Crippen LogP contribution in [0.2, 0.25) is 0 Å². The van der Waals surface area contributed by atoms with Crippen LogP contribution < -0.4 is 5.32 Å². The van der Waals surface area contributed by atoms with E-state index in [9.17, 15) is 4.79 Å². The summed E-state index contributed by atoms with van der Waals surface area (Å²) in [7, 11) is 0. The van der Waals surface area contributed by atoms with E-state index in [2.05, 4.69) is 17.2 Å². The van der Waals surface area contributed by atoms with E-state index in [0.717, 1.165) is 11.1 Å². The molecule has 0 aliphatic rings. The van der Waals surface area contributed by atoms with Crippen molar-refractivity contribution in [2.45, 2.75) is 13.3 Å². The molecule has 1 amide bonds. The first-order valence-corrected chi connectivity index (χ1v) is 7.14. The number of nitrogens with one attached hydrogen (secondary N) is 1. The Morgan fingerprint density at radius 1 is 1.40 bits per heavy atom. The summed E-state index contributed by atoms with van der Waals surface area (Å²) in [6.07, 6.45) is 0.423. The van der Waals surface area contributed by atoms with Crippen LogP contribution in [0.15, 0.2) is 35.7 Å². The van der Waals surface area contributed by atoms with Crippen molar-refractivity contribution in [2.24, 2.45) is 0 Å². The number of carbonyl (C=O) groups excluding carboxylic acids is 1. The van der Waals surface area contributed by atoms with Crippen LogP contribution in [0.4, 0.5) is 5.69 Å². The molecule has 0 bridgehead atoms. The van der Waals surface area contributed by atoms with Gasteiger partial charge in [-0.1, -0.05) is 24.0 Å². The van der Waals surface area contributed by atoms with Crippen LogP contribution in [0.5, 0.6) is 0 Å². The highest BCUT2D eigenvalue weighted by Crippen LogP contribution is 2.18. The summed E-state index contributed by atoms with van der Waals surface area (Å²) in [5, 5.41) is 13.5. The quantitative estimate of drug-likeness (QED) is 0.852. The predicted octanol–water partition coefficient (Wildman–Crippen LogP) is 3.04. The van der Waals surface area contributed by atoms with Crippen molar-refractivity contribution in [2.75, 3.05) is 11.9 Å². The van der Waals surface area contributed by atoms with Gasteiger partial charge >= 0.3 is 0 Å². The Morgan fingerprint density at radius 3 is 2.95 bits per heavy atom. The fourth-order valence-corrected chi connectivity index (χ4v) is 2.29. The average molecular weight is 285 g/mol. The van der Waals surface area contributed by atoms with Gasteiger partial charge in [0.15, 0.2) is 0 Å². The second-order valence-corrected chi connectivity index (χ2v) is 5.20. The van der Waals surface area contributed by atoms with Gasteiger partial charge in [0.05, 0.1) is 17.2 Å². The lowest BCUT2D eigenvalue weighted by Gasteiger charge is -2.07. The van der Waals surface area contributed by atoms with Crippen molar-refractivity contribution < 1.29 is 9.90 Å². The van der Waals surface area contributed by atoms with Crippen molar-refractivity contribution in [1.29, 1.82) is 0 Å². The number of rotatable bonds is 3. The number of aliphatic hydroxyl groups is 1. The Labute approximate surface area is 122 Å². The van der Waals surface area contributed by atoms with Gasteiger partial charge in [-0.2, -0.15) is 0 Å². The Kier molecular flexibility index (Phi) is 4.94. The van der Waals surface area contributed by atoms with E-state index in [-0.39, 0.29) is 12.5 Å². The van der Waals surface area contributed by atoms with Gasteiger partial charge in [-0.3, -0.25) is 4.79 Å². The molecular weight excluding hydrogens is 270 g/mol. The second kappa shape index (κ2) is 6.90. The van der Waals surface area contributed by atoms with E-state index in [1.165, 1.54) is 11.3 Å². The molecule has 0 radical (unpaired) electrons. The zero-order valence-electron chi connectivity index (χ0n) is 11.1. The van der Waals surface area contributed by atoms with Crippen LogP contribution >= 0.6 is 11.3 Å². The maximum absolute atomic E-state index is 12.1. The van der Waals surface area contributed by atoms with Crippen molar-refractivity contribution in [1.82, 2.24) is 0 Å². The molecule has 3 nitrogen and oxygen atoms in total. The van der Waals surface area contributed by atoms with Gasteiger partial charge in [-0.15, -0.1) is 11.3 Å². The first-order valence-electron chi connectivity index (χ1n) is 6.26. The van der Waals surface area contributed by atoms with E-state index in [1.54, 1.807) is 6.07 Å². The van der Waals surface area contributed by atoms with Gasteiger partial charge in [0.25, 0.3) is 5.91 Å². The van der Waals surface area contributed by atoms with Gasteiger partial charge < -0.3 is 10.4 Å². The smallest absolute Gasteiger partial charge is 0.265 e. The summed E-state index contributed by atoms with van der Waals surface area (Å²) < 4.78 is 0. The maximum Gasteiger partial charge on any atom is 0.265 e. The molecule has 1 aromatic carbocycles. The van der Waals surface area contributed by atoms with Gasteiger partial charge in [-0.05, 0) is 36.1 Å². The van der Waals surface area contributed by atoms with Gasteiger partial charge in [0.1, 0.15) is 0 Å². The lowest BCUT2D eigenvalue weighted by molar-refractivity contribution is 0.103. The molecule has 0 fully saturated rings. The van der Waals surface area contributed by atoms with Crippen molar-refractivity contribution in [3.05, 3.63) is 51.7 Å². The molecule has 0 saturated carbocycles. The van der Waals surface area contributed by atoms with Crippen molar-refractivity contribution >= 4 is 22.9 Å². The molecule has 1 heterocycles. The van der Waals surface area contributed by atoms with Crippen LogP contribution in [-0.2, 0) is 0 Å². The highest BCUT2D eigenvalue weighted by Gasteiger charge is 2.09. The Bertz CT molecular complexity index is 651. The number of thiophene rings is 1. The number of aliphatic hydroxyl groups excluding tert-OH is 1. The third-order valence-corrected chi connectivity index (χ3v) is 3.50. The number of carbonyl (C=O) groups is 1. The van der Waals surface area contributed by atoms with E-state index in [0.29, 0.717) is 17.0 Å². The Morgan fingerprint density at radius 2 is 2.25 bits per heavy atom. The average Bonchev–Trinajstić information content (AvgIpc) is 2.96. The third-order valence-electron chi connectivity index (χ3n) is 2.63. The van der Waals surface area contributed by atoms with Crippen molar-refractivity contribution in [3.8, 4) is 11.8 Å². The molecule has 0 atom stereocenters. The summed E-state index contributed by atoms with van der Waals surface area (Å²) in [5.41, 5.74) is 2.54. The second-order valence-electron chi connectivity index (χ2n) is 4.26. The molecule has 2 N–H and O–H groups in total. The van der Waals surface area contributed by atoms with Crippen LogP contribution in [0.1, 0.15) is 27.2 Å². The number of aryl methyl sites for hydroxylation is 1. The molecule has 20 heavy (non-hydrogen) atoms. The van der Waals surface area contributed by atoms with Crippen LogP contribution in [0.3, 0.4) is 0 Å². The molecule has 0 spiro atoms. The Balaban J connectivity index is 2.23. The Hall–Kier alpha value is -2.09. The summed E-state index contributed by atoms with van der Waals surface area (Å²) in [5.74, 6) is 5.73. The van der Waals surface area contributed by atoms with Crippen LogP contribution in [-0.4, -0.2) is 17.6 Å². The number of anilines is 1. The minimum Gasteiger partial charge on any atom is -0.395 e. The topological polar surface area (TPSA) is 49.3 Å². The normalized spacial score (nSPS) is 9.70. The summed E-state index contributed by atoms with van der Waals surface area (Å²) in [4.78, 5) is 12.7. The van der Waals surface area contributed by atoms with Crippen molar-refractivity contribution in [3.63, 3.8) is 0 Å². The minimum absolute atomic E-state index is 0.0374. The number of hydrogen-bond acceptors (Lipinski definition) is 3. The summed E-state index contributed by atoms with van der Waals surface area (Å²) >= 11 is 1.40. The molecule has 1 aromatic heterocycles. The lowest BCUT2D eigenvalue weighted by atomic mass is 10.1. The lowest BCUT2D eigenvalue weighted by Crippen LogP contribution is -2.11. The monoisotopic (exact) mass is 285 g/mol. The fourth-order valence-electron chi connectivity index (χ4n) is 1.68. The van der Waals surface area contributed by atoms with E-state index in [1.807, 2.05) is 36.6 Å². The fraction of sp³-hybridized carbons (Fsp3) is 0.188. The number of hydrogen-bond donors (Lipinski definition) is 2. The highest BCUT2D eigenvalue weighted by molar-refractivity contribution is 7.12. The molecule has 0 unspecified atom stereocenters. The van der Waals surface area contributed by atoms with Gasteiger partial charge in [-0.25, -0.2) is 0 Å². The SMILES string of the molecule is Cc1ccc(NC(=O)c2cccs2)c(C#CCCO)c1. The molecule has 0 saturated heterocycles. The molecule has 2 aromatic rings. The zero-order chi connectivity index (χ0) is 14.4. The molecular formula is C16H15NO2S. The zero-order valence-corrected chi connectivity index (χ0v) is 12.0. The van der Waals surface area contributed by atoms with E-state index >= 15 is 0 Å². The van der Waals surface area contributed by atoms with Crippen LogP contribution in [0.25, 0.3) is 0 Å². The minimum atomic E-state index is -0.130. The maximum atomic E-state index is 12.1. The van der Waals surface area contributed by atoms with Crippen LogP contribution in [0, 0.1) is 18.8 Å². The standard InChI is InChI=1S/C16H15NO2S/c1-12-7-8-14(13(11-12)5-2-3-9-18)17-16(19)15-6-4-10-20-15/h4,6-8,10-11,18H,3,9H2,1H3,(H,17,19). The number of benzene rings is 1. The number of amides is 1. The molecule has 102 valence electrons. The third kappa shape index (κ3) is 3.70. The van der Waals surface area contributed by atoms with Gasteiger partial charge in [0, 0.05) is 12.0 Å². The first-order chi connectivity index (χ1) is 9.70. The molecule has 4 heteroatoms.